The van der Waals surface area contributed by atoms with Crippen LogP contribution in [0, 0.1) is 0 Å². The van der Waals surface area contributed by atoms with E-state index in [1.165, 1.54) is 10.7 Å². The zero-order valence-electron chi connectivity index (χ0n) is 14.4. The minimum Gasteiger partial charge on any atom is -0.382 e. The molecule has 0 saturated carbocycles. The van der Waals surface area contributed by atoms with E-state index in [9.17, 15) is 9.59 Å². The Bertz CT molecular complexity index is 1030. The Morgan fingerprint density at radius 1 is 1.04 bits per heavy atom. The summed E-state index contributed by atoms with van der Waals surface area (Å²) in [4.78, 5) is 32.2. The van der Waals surface area contributed by atoms with Crippen molar-refractivity contribution in [2.24, 2.45) is 5.73 Å². The molecule has 0 atom stereocenters. The molecule has 3 rings (SSSR count). The number of rotatable bonds is 4. The van der Waals surface area contributed by atoms with E-state index in [-0.39, 0.29) is 23.1 Å². The van der Waals surface area contributed by atoms with Gasteiger partial charge in [-0.2, -0.15) is 5.10 Å². The van der Waals surface area contributed by atoms with Gasteiger partial charge in [0.05, 0.1) is 11.7 Å². The number of hydrogen-bond acceptors (Lipinski definition) is 6. The smallest absolute Gasteiger partial charge is 0.271 e. The SMILES string of the molecule is CC(C)n1nc(-c2nc(N)c(C(N)=O)nc2-c2ccccc2)ccc1=O. The van der Waals surface area contributed by atoms with Crippen molar-refractivity contribution < 1.29 is 4.79 Å². The summed E-state index contributed by atoms with van der Waals surface area (Å²) in [6.07, 6.45) is 0. The lowest BCUT2D eigenvalue weighted by Gasteiger charge is -2.13. The first-order chi connectivity index (χ1) is 12.4. The summed E-state index contributed by atoms with van der Waals surface area (Å²) in [5, 5.41) is 4.37. The van der Waals surface area contributed by atoms with Crippen molar-refractivity contribution in [1.29, 1.82) is 0 Å². The molecule has 2 aromatic heterocycles. The van der Waals surface area contributed by atoms with Crippen LogP contribution in [0.5, 0.6) is 0 Å². The maximum atomic E-state index is 12.0. The predicted molar refractivity (Wildman–Crippen MR) is 98.3 cm³/mol. The first-order valence-electron chi connectivity index (χ1n) is 8.01. The third kappa shape index (κ3) is 3.16. The van der Waals surface area contributed by atoms with Gasteiger partial charge in [-0.1, -0.05) is 30.3 Å². The highest BCUT2D eigenvalue weighted by atomic mass is 16.1. The molecule has 0 aliphatic rings. The number of nitrogen functional groups attached to an aromatic ring is 1. The maximum absolute atomic E-state index is 12.0. The Labute approximate surface area is 149 Å². The van der Waals surface area contributed by atoms with Crippen molar-refractivity contribution in [1.82, 2.24) is 19.7 Å². The molecular weight excluding hydrogens is 332 g/mol. The zero-order valence-corrected chi connectivity index (χ0v) is 14.4. The maximum Gasteiger partial charge on any atom is 0.271 e. The first kappa shape index (κ1) is 17.3. The van der Waals surface area contributed by atoms with Crippen LogP contribution >= 0.6 is 0 Å². The second-order valence-corrected chi connectivity index (χ2v) is 5.98. The van der Waals surface area contributed by atoms with Gasteiger partial charge < -0.3 is 11.5 Å². The Morgan fingerprint density at radius 3 is 2.35 bits per heavy atom. The van der Waals surface area contributed by atoms with E-state index < -0.39 is 5.91 Å². The van der Waals surface area contributed by atoms with Gasteiger partial charge in [0, 0.05) is 11.6 Å². The highest BCUT2D eigenvalue weighted by Crippen LogP contribution is 2.29. The number of nitrogens with two attached hydrogens (primary N) is 2. The number of aromatic nitrogens is 4. The van der Waals surface area contributed by atoms with Crippen LogP contribution in [0.3, 0.4) is 0 Å². The van der Waals surface area contributed by atoms with Gasteiger partial charge in [0.15, 0.2) is 11.5 Å². The van der Waals surface area contributed by atoms with Crippen LogP contribution in [-0.4, -0.2) is 25.7 Å². The average Bonchev–Trinajstić information content (AvgIpc) is 2.62. The fraction of sp³-hybridized carbons (Fsp3) is 0.167. The molecule has 0 unspecified atom stereocenters. The zero-order chi connectivity index (χ0) is 18.8. The summed E-state index contributed by atoms with van der Waals surface area (Å²) in [7, 11) is 0. The van der Waals surface area contributed by atoms with Crippen LogP contribution < -0.4 is 17.0 Å². The van der Waals surface area contributed by atoms with Gasteiger partial charge in [0.2, 0.25) is 0 Å². The topological polar surface area (TPSA) is 130 Å². The summed E-state index contributed by atoms with van der Waals surface area (Å²) in [6.45, 7) is 3.71. The Kier molecular flexibility index (Phi) is 4.49. The number of anilines is 1. The van der Waals surface area contributed by atoms with Crippen LogP contribution in [0.4, 0.5) is 5.82 Å². The van der Waals surface area contributed by atoms with Crippen LogP contribution in [0.2, 0.25) is 0 Å². The average molecular weight is 350 g/mol. The van der Waals surface area contributed by atoms with Gasteiger partial charge >= 0.3 is 0 Å². The molecule has 8 heteroatoms. The van der Waals surface area contributed by atoms with Crippen molar-refractivity contribution in [2.75, 3.05) is 5.73 Å². The number of carbonyl (C=O) groups excluding carboxylic acids is 1. The molecule has 0 bridgehead atoms. The standard InChI is InChI=1S/C18H18N6O2/c1-10(2)24-13(25)9-8-12(23-24)15-14(11-6-4-3-5-7-11)21-16(18(20)26)17(19)22-15/h3-10H,1-2H3,(H2,19,22)(H2,20,26). The normalized spacial score (nSPS) is 10.9. The molecule has 4 N–H and O–H groups in total. The van der Waals surface area contributed by atoms with Crippen LogP contribution in [0.15, 0.2) is 47.3 Å². The minimum absolute atomic E-state index is 0.0868. The van der Waals surface area contributed by atoms with E-state index in [2.05, 4.69) is 15.1 Å². The van der Waals surface area contributed by atoms with Crippen molar-refractivity contribution in [3.05, 3.63) is 58.5 Å². The number of benzene rings is 1. The minimum atomic E-state index is -0.765. The Hall–Kier alpha value is -3.55. The summed E-state index contributed by atoms with van der Waals surface area (Å²) in [5.41, 5.74) is 12.8. The summed E-state index contributed by atoms with van der Waals surface area (Å²) in [6, 6.07) is 12.0. The summed E-state index contributed by atoms with van der Waals surface area (Å²) in [5.74, 6) is -0.852. The van der Waals surface area contributed by atoms with Gasteiger partial charge in [-0.05, 0) is 19.9 Å². The molecule has 26 heavy (non-hydrogen) atoms. The molecule has 132 valence electrons. The van der Waals surface area contributed by atoms with Gasteiger partial charge in [-0.3, -0.25) is 9.59 Å². The lowest BCUT2D eigenvalue weighted by Crippen LogP contribution is -2.24. The highest BCUT2D eigenvalue weighted by Gasteiger charge is 2.19. The van der Waals surface area contributed by atoms with Gasteiger partial charge in [0.1, 0.15) is 11.4 Å². The van der Waals surface area contributed by atoms with Crippen molar-refractivity contribution in [2.45, 2.75) is 19.9 Å². The van der Waals surface area contributed by atoms with Gasteiger partial charge in [0.25, 0.3) is 11.5 Å². The molecule has 8 nitrogen and oxygen atoms in total. The van der Waals surface area contributed by atoms with Gasteiger partial charge in [-0.25, -0.2) is 14.6 Å². The Morgan fingerprint density at radius 2 is 1.73 bits per heavy atom. The third-order valence-electron chi connectivity index (χ3n) is 3.76. The fourth-order valence-corrected chi connectivity index (χ4v) is 2.53. The third-order valence-corrected chi connectivity index (χ3v) is 3.76. The van der Waals surface area contributed by atoms with E-state index in [4.69, 9.17) is 11.5 Å². The molecule has 1 amide bonds. The molecular formula is C18H18N6O2. The molecule has 0 saturated heterocycles. The number of primary amides is 1. The molecule has 2 heterocycles. The van der Waals surface area contributed by atoms with E-state index in [1.807, 2.05) is 44.2 Å². The van der Waals surface area contributed by atoms with Crippen molar-refractivity contribution in [3.63, 3.8) is 0 Å². The second-order valence-electron chi connectivity index (χ2n) is 5.98. The summed E-state index contributed by atoms with van der Waals surface area (Å²) < 4.78 is 1.35. The highest BCUT2D eigenvalue weighted by molar-refractivity contribution is 5.96. The molecule has 0 aliphatic heterocycles. The number of amides is 1. The van der Waals surface area contributed by atoms with Crippen molar-refractivity contribution >= 4 is 11.7 Å². The lowest BCUT2D eigenvalue weighted by atomic mass is 10.1. The molecule has 0 radical (unpaired) electrons. The number of hydrogen-bond donors (Lipinski definition) is 2. The van der Waals surface area contributed by atoms with Gasteiger partial charge in [-0.15, -0.1) is 0 Å². The molecule has 1 aromatic carbocycles. The summed E-state index contributed by atoms with van der Waals surface area (Å²) >= 11 is 0. The lowest BCUT2D eigenvalue weighted by molar-refractivity contribution is 0.0996. The van der Waals surface area contributed by atoms with Crippen LogP contribution in [-0.2, 0) is 0 Å². The quantitative estimate of drug-likeness (QED) is 0.735. The van der Waals surface area contributed by atoms with Crippen LogP contribution in [0.1, 0.15) is 30.4 Å². The second kappa shape index (κ2) is 6.75. The van der Waals surface area contributed by atoms with E-state index in [0.717, 1.165) is 5.56 Å². The fourth-order valence-electron chi connectivity index (χ4n) is 2.53. The monoisotopic (exact) mass is 350 g/mol. The molecule has 3 aromatic rings. The molecule has 0 aliphatic carbocycles. The number of nitrogens with zero attached hydrogens (tertiary/aromatic N) is 4. The van der Waals surface area contributed by atoms with Crippen molar-refractivity contribution in [3.8, 4) is 22.6 Å². The van der Waals surface area contributed by atoms with E-state index in [1.54, 1.807) is 6.07 Å². The first-order valence-corrected chi connectivity index (χ1v) is 8.01. The largest absolute Gasteiger partial charge is 0.382 e. The Balaban J connectivity index is 2.30. The molecule has 0 fully saturated rings. The molecule has 0 spiro atoms. The van der Waals surface area contributed by atoms with Crippen LogP contribution in [0.25, 0.3) is 22.6 Å². The number of carbonyl (C=O) groups is 1. The predicted octanol–water partition coefficient (Wildman–Crippen LogP) is 1.63. The van der Waals surface area contributed by atoms with E-state index >= 15 is 0 Å². The van der Waals surface area contributed by atoms with E-state index in [0.29, 0.717) is 17.1 Å².